The second-order valence-corrected chi connectivity index (χ2v) is 8.85. The van der Waals surface area contributed by atoms with Crippen molar-refractivity contribution >= 4 is 33.5 Å². The molecule has 140 valence electrons. The standard InChI is InChI=1S/C18H17N3O4S2/c1-27(23,24)15-9-7-13(8-10-15)17-20-21-18(25-17)19-16(22)11-12-26-14-5-3-2-4-6-14/h2-10H,11-12H2,1H3,(H,19,21,22). The first-order valence-corrected chi connectivity index (χ1v) is 10.9. The maximum Gasteiger partial charge on any atom is 0.322 e. The summed E-state index contributed by atoms with van der Waals surface area (Å²) in [6, 6.07) is 15.9. The second kappa shape index (κ2) is 8.36. The Balaban J connectivity index is 1.55. The van der Waals surface area contributed by atoms with Crippen LogP contribution in [0.3, 0.4) is 0 Å². The number of benzene rings is 2. The van der Waals surface area contributed by atoms with E-state index in [0.29, 0.717) is 17.7 Å². The van der Waals surface area contributed by atoms with Gasteiger partial charge in [0.15, 0.2) is 9.84 Å². The Kier molecular flexibility index (Phi) is 5.92. The Morgan fingerprint density at radius 1 is 1.07 bits per heavy atom. The summed E-state index contributed by atoms with van der Waals surface area (Å²) in [6.07, 6.45) is 1.44. The number of carbonyl (C=O) groups excluding carboxylic acids is 1. The first kappa shape index (κ1) is 19.1. The van der Waals surface area contributed by atoms with Gasteiger partial charge >= 0.3 is 6.01 Å². The average molecular weight is 403 g/mol. The fraction of sp³-hybridized carbons (Fsp3) is 0.167. The zero-order valence-electron chi connectivity index (χ0n) is 14.5. The van der Waals surface area contributed by atoms with Gasteiger partial charge in [0.1, 0.15) is 0 Å². The third-order valence-corrected chi connectivity index (χ3v) is 5.68. The SMILES string of the molecule is CS(=O)(=O)c1ccc(-c2nnc(NC(=O)CCSc3ccccc3)o2)cc1. The summed E-state index contributed by atoms with van der Waals surface area (Å²) in [7, 11) is -3.27. The van der Waals surface area contributed by atoms with Gasteiger partial charge in [-0.25, -0.2) is 8.42 Å². The predicted octanol–water partition coefficient (Wildman–Crippen LogP) is 3.26. The number of anilines is 1. The number of nitrogens with one attached hydrogen (secondary N) is 1. The van der Waals surface area contributed by atoms with Crippen LogP contribution >= 0.6 is 11.8 Å². The van der Waals surface area contributed by atoms with E-state index in [1.54, 1.807) is 23.9 Å². The molecule has 3 aromatic rings. The molecule has 0 bridgehead atoms. The molecule has 1 N–H and O–H groups in total. The quantitative estimate of drug-likeness (QED) is 0.604. The van der Waals surface area contributed by atoms with Gasteiger partial charge in [0.05, 0.1) is 4.90 Å². The lowest BCUT2D eigenvalue weighted by atomic mass is 10.2. The van der Waals surface area contributed by atoms with Gasteiger partial charge in [0.2, 0.25) is 11.8 Å². The Hall–Kier alpha value is -2.65. The number of aromatic nitrogens is 2. The third kappa shape index (κ3) is 5.41. The number of amides is 1. The monoisotopic (exact) mass is 403 g/mol. The Labute approximate surface area is 161 Å². The normalized spacial score (nSPS) is 11.3. The first-order valence-electron chi connectivity index (χ1n) is 8.03. The van der Waals surface area contributed by atoms with Crippen LogP contribution in [-0.2, 0) is 14.6 Å². The summed E-state index contributed by atoms with van der Waals surface area (Å²) in [5.74, 6) is 0.606. The van der Waals surface area contributed by atoms with Crippen molar-refractivity contribution in [2.45, 2.75) is 16.2 Å². The number of sulfone groups is 1. The summed E-state index contributed by atoms with van der Waals surface area (Å²) in [4.78, 5) is 13.3. The van der Waals surface area contributed by atoms with Gasteiger partial charge in [-0.3, -0.25) is 10.1 Å². The molecule has 27 heavy (non-hydrogen) atoms. The molecule has 0 unspecified atom stereocenters. The summed E-state index contributed by atoms with van der Waals surface area (Å²) >= 11 is 1.59. The lowest BCUT2D eigenvalue weighted by molar-refractivity contribution is -0.115. The van der Waals surface area contributed by atoms with E-state index in [2.05, 4.69) is 15.5 Å². The molecule has 2 aromatic carbocycles. The molecule has 0 aliphatic carbocycles. The number of nitrogens with zero attached hydrogens (tertiary/aromatic N) is 2. The van der Waals surface area contributed by atoms with E-state index in [9.17, 15) is 13.2 Å². The first-order chi connectivity index (χ1) is 12.9. The van der Waals surface area contributed by atoms with Gasteiger partial charge in [-0.05, 0) is 36.4 Å². The van der Waals surface area contributed by atoms with E-state index >= 15 is 0 Å². The van der Waals surface area contributed by atoms with Gasteiger partial charge in [-0.1, -0.05) is 23.3 Å². The molecule has 0 fully saturated rings. The molecule has 7 nitrogen and oxygen atoms in total. The molecule has 9 heteroatoms. The average Bonchev–Trinajstić information content (AvgIpc) is 3.10. The number of carbonyl (C=O) groups is 1. The molecule has 0 saturated heterocycles. The Bertz CT molecular complexity index is 1020. The number of hydrogen-bond donors (Lipinski definition) is 1. The van der Waals surface area contributed by atoms with E-state index in [-0.39, 0.29) is 22.7 Å². The van der Waals surface area contributed by atoms with Gasteiger partial charge in [0, 0.05) is 28.9 Å². The number of thioether (sulfide) groups is 1. The van der Waals surface area contributed by atoms with Crippen LogP contribution in [-0.4, -0.2) is 36.5 Å². The number of hydrogen-bond acceptors (Lipinski definition) is 7. The highest BCUT2D eigenvalue weighted by Crippen LogP contribution is 2.22. The van der Waals surface area contributed by atoms with Crippen molar-refractivity contribution in [3.8, 4) is 11.5 Å². The minimum absolute atomic E-state index is 0.00639. The van der Waals surface area contributed by atoms with Crippen LogP contribution in [0.4, 0.5) is 6.01 Å². The zero-order chi connectivity index (χ0) is 19.3. The summed E-state index contributed by atoms with van der Waals surface area (Å²) in [5, 5.41) is 10.2. The maximum absolute atomic E-state index is 12.0. The van der Waals surface area contributed by atoms with Crippen molar-refractivity contribution in [1.29, 1.82) is 0 Å². The van der Waals surface area contributed by atoms with Crippen molar-refractivity contribution in [2.24, 2.45) is 0 Å². The second-order valence-electron chi connectivity index (χ2n) is 5.67. The maximum atomic E-state index is 12.0. The van der Waals surface area contributed by atoms with Crippen molar-refractivity contribution in [3.63, 3.8) is 0 Å². The minimum Gasteiger partial charge on any atom is -0.403 e. The topological polar surface area (TPSA) is 102 Å². The van der Waals surface area contributed by atoms with E-state index in [1.165, 1.54) is 12.1 Å². The highest BCUT2D eigenvalue weighted by Gasteiger charge is 2.13. The third-order valence-electron chi connectivity index (χ3n) is 3.54. The van der Waals surface area contributed by atoms with Crippen LogP contribution in [0.25, 0.3) is 11.5 Å². The van der Waals surface area contributed by atoms with Crippen molar-refractivity contribution < 1.29 is 17.6 Å². The lowest BCUT2D eigenvalue weighted by Gasteiger charge is -2.01. The van der Waals surface area contributed by atoms with Gasteiger partial charge in [-0.15, -0.1) is 16.9 Å². The predicted molar refractivity (Wildman–Crippen MR) is 103 cm³/mol. The van der Waals surface area contributed by atoms with Gasteiger partial charge < -0.3 is 4.42 Å². The zero-order valence-corrected chi connectivity index (χ0v) is 16.1. The minimum atomic E-state index is -3.27. The molecular weight excluding hydrogens is 386 g/mol. The molecule has 1 heterocycles. The lowest BCUT2D eigenvalue weighted by Crippen LogP contribution is -2.12. The molecule has 0 atom stereocenters. The molecular formula is C18H17N3O4S2. The van der Waals surface area contributed by atoms with E-state index < -0.39 is 9.84 Å². The summed E-state index contributed by atoms with van der Waals surface area (Å²) in [5.41, 5.74) is 0.565. The van der Waals surface area contributed by atoms with Crippen LogP contribution in [0, 0.1) is 0 Å². The van der Waals surface area contributed by atoms with Crippen LogP contribution in [0.5, 0.6) is 0 Å². The van der Waals surface area contributed by atoms with Gasteiger partial charge in [-0.2, -0.15) is 0 Å². The van der Waals surface area contributed by atoms with E-state index in [1.807, 2.05) is 30.3 Å². The Morgan fingerprint density at radius 3 is 2.44 bits per heavy atom. The molecule has 0 aliphatic rings. The fourth-order valence-corrected chi connectivity index (χ4v) is 3.70. The molecule has 0 radical (unpaired) electrons. The van der Waals surface area contributed by atoms with Crippen molar-refractivity contribution in [3.05, 3.63) is 54.6 Å². The molecule has 0 saturated carbocycles. The smallest absolute Gasteiger partial charge is 0.322 e. The summed E-state index contributed by atoms with van der Waals surface area (Å²) in [6.45, 7) is 0. The van der Waals surface area contributed by atoms with Crippen LogP contribution < -0.4 is 5.32 Å². The van der Waals surface area contributed by atoms with Crippen LogP contribution in [0.15, 0.2) is 68.8 Å². The fourth-order valence-electron chi connectivity index (χ4n) is 2.20. The van der Waals surface area contributed by atoms with E-state index in [4.69, 9.17) is 4.42 Å². The Morgan fingerprint density at radius 2 is 1.78 bits per heavy atom. The molecule has 0 spiro atoms. The molecule has 0 aliphatic heterocycles. The van der Waals surface area contributed by atoms with Crippen molar-refractivity contribution in [1.82, 2.24) is 10.2 Å². The number of rotatable bonds is 7. The molecule has 3 rings (SSSR count). The van der Waals surface area contributed by atoms with Crippen LogP contribution in [0.1, 0.15) is 6.42 Å². The molecule has 1 amide bonds. The van der Waals surface area contributed by atoms with E-state index in [0.717, 1.165) is 11.2 Å². The van der Waals surface area contributed by atoms with Gasteiger partial charge in [0.25, 0.3) is 0 Å². The highest BCUT2D eigenvalue weighted by molar-refractivity contribution is 7.99. The van der Waals surface area contributed by atoms with Crippen molar-refractivity contribution in [2.75, 3.05) is 17.3 Å². The summed E-state index contributed by atoms with van der Waals surface area (Å²) < 4.78 is 28.4. The highest BCUT2D eigenvalue weighted by atomic mass is 32.2. The largest absolute Gasteiger partial charge is 0.403 e. The van der Waals surface area contributed by atoms with Crippen LogP contribution in [0.2, 0.25) is 0 Å². The molecule has 1 aromatic heterocycles.